The van der Waals surface area contributed by atoms with Crippen LogP contribution < -0.4 is 10.5 Å². The first-order valence-corrected chi connectivity index (χ1v) is 12.4. The number of methoxy groups -OCH3 is 1. The summed E-state index contributed by atoms with van der Waals surface area (Å²) in [5.74, 6) is 0.793. The Bertz CT molecular complexity index is 718. The van der Waals surface area contributed by atoms with Crippen molar-refractivity contribution in [1.82, 2.24) is 0 Å². The molecule has 0 fully saturated rings. The first-order valence-electron chi connectivity index (χ1n) is 12.4. The lowest BCUT2D eigenvalue weighted by atomic mass is 9.79. The summed E-state index contributed by atoms with van der Waals surface area (Å²) in [7, 11) is 1.70. The number of aliphatic hydroxyl groups is 1. The summed E-state index contributed by atoms with van der Waals surface area (Å²) < 4.78 is 11.2. The molecule has 0 heterocycles. The number of rotatable bonds is 16. The highest BCUT2D eigenvalue weighted by Gasteiger charge is 2.39. The molecule has 0 saturated carbocycles. The molecule has 0 aliphatic rings. The van der Waals surface area contributed by atoms with Crippen molar-refractivity contribution in [3.05, 3.63) is 29.3 Å². The van der Waals surface area contributed by atoms with Gasteiger partial charge in [-0.2, -0.15) is 0 Å². The van der Waals surface area contributed by atoms with Crippen molar-refractivity contribution in [2.75, 3.05) is 20.3 Å². The molecule has 3 atom stereocenters. The summed E-state index contributed by atoms with van der Waals surface area (Å²) in [6, 6.07) is 6.50. The molecule has 4 N–H and O–H groups in total. The molecule has 6 heteroatoms. The molecule has 0 aliphatic heterocycles. The van der Waals surface area contributed by atoms with Crippen LogP contribution in [0.4, 0.5) is 0 Å². The Hall–Kier alpha value is -1.63. The summed E-state index contributed by atoms with van der Waals surface area (Å²) >= 11 is 0. The van der Waals surface area contributed by atoms with Crippen molar-refractivity contribution < 1.29 is 24.5 Å². The number of ether oxygens (including phenoxy) is 2. The van der Waals surface area contributed by atoms with E-state index in [9.17, 15) is 15.0 Å². The van der Waals surface area contributed by atoms with Gasteiger partial charge in [0.05, 0.1) is 12.7 Å². The van der Waals surface area contributed by atoms with Crippen LogP contribution in [0.2, 0.25) is 0 Å². The minimum absolute atomic E-state index is 0.0629. The average Bonchev–Trinajstić information content (AvgIpc) is 2.73. The average molecular weight is 466 g/mol. The Balaban J connectivity index is 2.85. The number of hydrogen-bond donors (Lipinski definition) is 3. The molecule has 190 valence electrons. The third-order valence-corrected chi connectivity index (χ3v) is 6.76. The van der Waals surface area contributed by atoms with E-state index in [0.717, 1.165) is 25.0 Å². The van der Waals surface area contributed by atoms with Gasteiger partial charge in [0.1, 0.15) is 11.3 Å². The quantitative estimate of drug-likeness (QED) is 0.297. The van der Waals surface area contributed by atoms with E-state index >= 15 is 0 Å². The van der Waals surface area contributed by atoms with Crippen molar-refractivity contribution >= 4 is 5.97 Å². The third-order valence-electron chi connectivity index (χ3n) is 6.76. The number of benzene rings is 1. The maximum atomic E-state index is 11.6. The lowest BCUT2D eigenvalue weighted by Crippen LogP contribution is -2.54. The standard InChI is InChI=1S/C27H47NO5/c1-18(2)22(10-11-23(29)17-27(28,20(5)6)26(30)31)15-21-9-12-24(19(3)4)25(16-21)33-14-8-13-32-7/h9,12,16,18-20,22-23,29H,8,10-11,13-15,17,28H2,1-7H3,(H,30,31)/t22-,23-,27-/m0/s1. The fourth-order valence-corrected chi connectivity index (χ4v) is 4.14. The smallest absolute Gasteiger partial charge is 0.324 e. The van der Waals surface area contributed by atoms with Crippen LogP contribution in [0.15, 0.2) is 18.2 Å². The SMILES string of the molecule is COCCCOc1cc(C[C@H](CC[C@H](O)C[C@@](N)(C(=O)O)C(C)C)C(C)C)ccc1C(C)C. The van der Waals surface area contributed by atoms with Crippen molar-refractivity contribution in [2.45, 2.75) is 91.2 Å². The van der Waals surface area contributed by atoms with Crippen molar-refractivity contribution in [2.24, 2.45) is 23.5 Å². The Morgan fingerprint density at radius 1 is 1.09 bits per heavy atom. The summed E-state index contributed by atoms with van der Waals surface area (Å²) in [5, 5.41) is 20.1. The van der Waals surface area contributed by atoms with E-state index in [1.807, 2.05) is 0 Å². The molecule has 0 unspecified atom stereocenters. The van der Waals surface area contributed by atoms with Crippen LogP contribution in [0.1, 0.15) is 84.3 Å². The number of nitrogens with two attached hydrogens (primary N) is 1. The Morgan fingerprint density at radius 3 is 2.27 bits per heavy atom. The van der Waals surface area contributed by atoms with E-state index in [1.165, 1.54) is 11.1 Å². The third kappa shape index (κ3) is 9.26. The first kappa shape index (κ1) is 29.4. The van der Waals surface area contributed by atoms with Gasteiger partial charge in [-0.25, -0.2) is 0 Å². The van der Waals surface area contributed by atoms with Crippen LogP contribution >= 0.6 is 0 Å². The summed E-state index contributed by atoms with van der Waals surface area (Å²) in [6.07, 6.45) is 2.40. The highest BCUT2D eigenvalue weighted by Crippen LogP contribution is 2.31. The van der Waals surface area contributed by atoms with Crippen LogP contribution in [-0.2, 0) is 16.0 Å². The second-order valence-corrected chi connectivity index (χ2v) is 10.4. The van der Waals surface area contributed by atoms with Gasteiger partial charge >= 0.3 is 5.97 Å². The van der Waals surface area contributed by atoms with E-state index in [1.54, 1.807) is 21.0 Å². The first-order chi connectivity index (χ1) is 15.4. The van der Waals surface area contributed by atoms with Gasteiger partial charge in [-0.3, -0.25) is 4.79 Å². The molecule has 1 aromatic carbocycles. The lowest BCUT2D eigenvalue weighted by molar-refractivity contribution is -0.146. The molecule has 0 radical (unpaired) electrons. The Kier molecular flexibility index (Phi) is 12.4. The largest absolute Gasteiger partial charge is 0.493 e. The fourth-order valence-electron chi connectivity index (χ4n) is 4.14. The monoisotopic (exact) mass is 465 g/mol. The molecular formula is C27H47NO5. The molecule has 1 aromatic rings. The predicted octanol–water partition coefficient (Wildman–Crippen LogP) is 5.01. The van der Waals surface area contributed by atoms with Crippen molar-refractivity contribution in [3.63, 3.8) is 0 Å². The Morgan fingerprint density at radius 2 is 1.76 bits per heavy atom. The topological polar surface area (TPSA) is 102 Å². The molecular weight excluding hydrogens is 418 g/mol. The zero-order valence-corrected chi connectivity index (χ0v) is 21.8. The second kappa shape index (κ2) is 13.9. The molecule has 0 amide bonds. The van der Waals surface area contributed by atoms with E-state index in [2.05, 4.69) is 45.9 Å². The van der Waals surface area contributed by atoms with Crippen LogP contribution in [0, 0.1) is 17.8 Å². The van der Waals surface area contributed by atoms with E-state index in [0.29, 0.717) is 37.4 Å². The van der Waals surface area contributed by atoms with Crippen molar-refractivity contribution in [1.29, 1.82) is 0 Å². The van der Waals surface area contributed by atoms with Gasteiger partial charge in [-0.1, -0.05) is 53.7 Å². The van der Waals surface area contributed by atoms with Gasteiger partial charge in [0.15, 0.2) is 0 Å². The fraction of sp³-hybridized carbons (Fsp3) is 0.741. The van der Waals surface area contributed by atoms with Crippen LogP contribution in [-0.4, -0.2) is 48.1 Å². The number of carboxylic acids is 1. The molecule has 33 heavy (non-hydrogen) atoms. The van der Waals surface area contributed by atoms with Crippen LogP contribution in [0.3, 0.4) is 0 Å². The Labute approximate surface area is 200 Å². The molecule has 6 nitrogen and oxygen atoms in total. The maximum Gasteiger partial charge on any atom is 0.324 e. The highest BCUT2D eigenvalue weighted by atomic mass is 16.5. The molecule has 0 aliphatic carbocycles. The van der Waals surface area contributed by atoms with Crippen LogP contribution in [0.25, 0.3) is 0 Å². The minimum atomic E-state index is -1.41. The number of hydrogen-bond acceptors (Lipinski definition) is 5. The van der Waals surface area contributed by atoms with Gasteiger partial charge in [-0.05, 0) is 60.1 Å². The van der Waals surface area contributed by atoms with Gasteiger partial charge in [0, 0.05) is 26.6 Å². The summed E-state index contributed by atoms with van der Waals surface area (Å²) in [4.78, 5) is 11.6. The van der Waals surface area contributed by atoms with E-state index in [-0.39, 0.29) is 12.3 Å². The molecule has 0 aromatic heterocycles. The number of aliphatic hydroxyl groups excluding tert-OH is 1. The van der Waals surface area contributed by atoms with E-state index in [4.69, 9.17) is 15.2 Å². The predicted molar refractivity (Wildman–Crippen MR) is 134 cm³/mol. The number of carboxylic acid groups (broad SMARTS) is 1. The van der Waals surface area contributed by atoms with E-state index < -0.39 is 17.6 Å². The molecule has 0 spiro atoms. The highest BCUT2D eigenvalue weighted by molar-refractivity contribution is 5.78. The lowest BCUT2D eigenvalue weighted by Gasteiger charge is -2.31. The van der Waals surface area contributed by atoms with Crippen LogP contribution in [0.5, 0.6) is 5.75 Å². The zero-order chi connectivity index (χ0) is 25.2. The number of aliphatic carboxylic acids is 1. The molecule has 0 bridgehead atoms. The van der Waals surface area contributed by atoms with Gasteiger partial charge in [0.25, 0.3) is 0 Å². The zero-order valence-electron chi connectivity index (χ0n) is 21.8. The normalized spacial score (nSPS) is 15.6. The van der Waals surface area contributed by atoms with Crippen molar-refractivity contribution in [3.8, 4) is 5.75 Å². The summed E-state index contributed by atoms with van der Waals surface area (Å²) in [5.41, 5.74) is 7.12. The second-order valence-electron chi connectivity index (χ2n) is 10.4. The van der Waals surface area contributed by atoms with Gasteiger partial charge < -0.3 is 25.4 Å². The van der Waals surface area contributed by atoms with Gasteiger partial charge in [-0.15, -0.1) is 0 Å². The minimum Gasteiger partial charge on any atom is -0.493 e. The number of carbonyl (C=O) groups is 1. The van der Waals surface area contributed by atoms with Gasteiger partial charge in [0.2, 0.25) is 0 Å². The molecule has 0 saturated heterocycles. The maximum absolute atomic E-state index is 11.6. The summed E-state index contributed by atoms with van der Waals surface area (Å²) in [6.45, 7) is 13.6. The molecule has 1 rings (SSSR count).